The van der Waals surface area contributed by atoms with Crippen LogP contribution < -0.4 is 0 Å². The fraction of sp³-hybridized carbons (Fsp3) is 0.263. The molecule has 0 saturated carbocycles. The minimum atomic E-state index is 0.915. The van der Waals surface area contributed by atoms with Crippen molar-refractivity contribution < 1.29 is 0 Å². The smallest absolute Gasteiger partial charge is 0.0247 e. The molecule has 0 unspecified atom stereocenters. The number of benzene rings is 2. The summed E-state index contributed by atoms with van der Waals surface area (Å²) >= 11 is 0. The molecular weight excluding hydrogens is 228 g/mol. The van der Waals surface area contributed by atoms with Crippen LogP contribution in [0.4, 0.5) is 0 Å². The molecule has 0 saturated heterocycles. The normalized spacial score (nSPS) is 9.84. The molecule has 0 spiro atoms. The maximum Gasteiger partial charge on any atom is 0.0247 e. The van der Waals surface area contributed by atoms with Gasteiger partial charge in [-0.2, -0.15) is 0 Å². The first-order valence-corrected chi connectivity index (χ1v) is 6.77. The fourth-order valence-corrected chi connectivity index (χ4v) is 2.17. The van der Waals surface area contributed by atoms with Crippen LogP contribution in [0.2, 0.25) is 0 Å². The monoisotopic (exact) mass is 248 g/mol. The molecule has 19 heavy (non-hydrogen) atoms. The second kappa shape index (κ2) is 6.25. The maximum atomic E-state index is 3.27. The lowest BCUT2D eigenvalue weighted by Crippen LogP contribution is -1.91. The summed E-state index contributed by atoms with van der Waals surface area (Å²) in [6, 6.07) is 14.9. The van der Waals surface area contributed by atoms with Crippen LogP contribution in [0, 0.1) is 32.6 Å². The molecule has 0 heterocycles. The number of hydrogen-bond acceptors (Lipinski definition) is 0. The van der Waals surface area contributed by atoms with Crippen LogP contribution in [0.15, 0.2) is 42.5 Å². The van der Waals surface area contributed by atoms with E-state index in [4.69, 9.17) is 0 Å². The zero-order valence-corrected chi connectivity index (χ0v) is 12.0. The Kier molecular flexibility index (Phi) is 4.42. The lowest BCUT2D eigenvalue weighted by Gasteiger charge is -2.06. The van der Waals surface area contributed by atoms with E-state index in [0.717, 1.165) is 18.4 Å². The molecule has 0 N–H and O–H groups in total. The third-order valence-corrected chi connectivity index (χ3v) is 3.49. The molecule has 2 aromatic carbocycles. The van der Waals surface area contributed by atoms with Gasteiger partial charge < -0.3 is 0 Å². The van der Waals surface area contributed by atoms with Crippen LogP contribution in [-0.4, -0.2) is 0 Å². The molecule has 0 amide bonds. The van der Waals surface area contributed by atoms with Crippen LogP contribution in [0.1, 0.15) is 34.2 Å². The highest BCUT2D eigenvalue weighted by atomic mass is 14.0. The van der Waals surface area contributed by atoms with Crippen molar-refractivity contribution in [2.45, 2.75) is 33.6 Å². The highest BCUT2D eigenvalue weighted by Crippen LogP contribution is 2.14. The minimum Gasteiger partial charge on any atom is -0.0975 e. The lowest BCUT2D eigenvalue weighted by atomic mass is 10.00. The van der Waals surface area contributed by atoms with Crippen molar-refractivity contribution >= 4 is 0 Å². The molecule has 0 nitrogen and oxygen atoms in total. The van der Waals surface area contributed by atoms with Gasteiger partial charge in [-0.1, -0.05) is 42.2 Å². The van der Waals surface area contributed by atoms with E-state index in [1.165, 1.54) is 22.3 Å². The molecule has 2 rings (SSSR count). The average Bonchev–Trinajstić information content (AvgIpc) is 2.39. The number of rotatable bonds is 2. The van der Waals surface area contributed by atoms with Gasteiger partial charge in [-0.15, -0.1) is 0 Å². The summed E-state index contributed by atoms with van der Waals surface area (Å²) in [5, 5.41) is 0. The Morgan fingerprint density at radius 2 is 1.74 bits per heavy atom. The lowest BCUT2D eigenvalue weighted by molar-refractivity contribution is 1.00. The Balaban J connectivity index is 1.99. The quantitative estimate of drug-likeness (QED) is 0.682. The van der Waals surface area contributed by atoms with Crippen LogP contribution in [0.25, 0.3) is 0 Å². The van der Waals surface area contributed by atoms with Crippen molar-refractivity contribution in [3.05, 3.63) is 70.3 Å². The summed E-state index contributed by atoms with van der Waals surface area (Å²) in [4.78, 5) is 0. The highest BCUT2D eigenvalue weighted by molar-refractivity contribution is 5.37. The maximum absolute atomic E-state index is 3.27. The molecule has 0 fully saturated rings. The molecule has 0 radical (unpaired) electrons. The van der Waals surface area contributed by atoms with E-state index < -0.39 is 0 Å². The standard InChI is InChI=1S/C19H20/c1-15-8-6-11-18(14-15)10-4-5-12-19-13-7-9-16(2)17(19)3/h6-9,11,13-14H,5,12H2,1-3H3. The topological polar surface area (TPSA) is 0 Å². The molecule has 2 aromatic rings. The van der Waals surface area contributed by atoms with Crippen molar-refractivity contribution in [3.63, 3.8) is 0 Å². The third kappa shape index (κ3) is 3.73. The Hall–Kier alpha value is -2.00. The third-order valence-electron chi connectivity index (χ3n) is 3.49. The Morgan fingerprint density at radius 3 is 2.53 bits per heavy atom. The van der Waals surface area contributed by atoms with Gasteiger partial charge in [-0.05, 0) is 61.6 Å². The van der Waals surface area contributed by atoms with Crippen molar-refractivity contribution in [3.8, 4) is 11.8 Å². The van der Waals surface area contributed by atoms with Crippen LogP contribution in [0.3, 0.4) is 0 Å². The summed E-state index contributed by atoms with van der Waals surface area (Å²) in [7, 11) is 0. The minimum absolute atomic E-state index is 0.915. The predicted molar refractivity (Wildman–Crippen MR) is 82.3 cm³/mol. The average molecular weight is 248 g/mol. The Labute approximate surface area is 116 Å². The Bertz CT molecular complexity index is 624. The van der Waals surface area contributed by atoms with Gasteiger partial charge in [0.15, 0.2) is 0 Å². The van der Waals surface area contributed by atoms with Crippen molar-refractivity contribution in [1.82, 2.24) is 0 Å². The molecule has 0 heteroatoms. The predicted octanol–water partition coefficient (Wildman–Crippen LogP) is 4.60. The molecular formula is C19H20. The zero-order valence-electron chi connectivity index (χ0n) is 12.0. The first-order chi connectivity index (χ1) is 9.16. The largest absolute Gasteiger partial charge is 0.0975 e. The van der Waals surface area contributed by atoms with Crippen molar-refractivity contribution in [2.24, 2.45) is 0 Å². The summed E-state index contributed by atoms with van der Waals surface area (Å²) in [6.45, 7) is 6.46. The van der Waals surface area contributed by atoms with Gasteiger partial charge in [-0.3, -0.25) is 0 Å². The van der Waals surface area contributed by atoms with Crippen LogP contribution in [-0.2, 0) is 6.42 Å². The molecule has 0 aliphatic rings. The molecule has 0 atom stereocenters. The molecule has 96 valence electrons. The molecule has 0 bridgehead atoms. The van der Waals surface area contributed by atoms with Gasteiger partial charge >= 0.3 is 0 Å². The van der Waals surface area contributed by atoms with E-state index in [0.29, 0.717) is 0 Å². The van der Waals surface area contributed by atoms with Gasteiger partial charge in [0, 0.05) is 12.0 Å². The number of aryl methyl sites for hydroxylation is 3. The summed E-state index contributed by atoms with van der Waals surface area (Å²) in [5.74, 6) is 6.51. The molecule has 0 aliphatic heterocycles. The van der Waals surface area contributed by atoms with E-state index in [2.05, 4.69) is 75.1 Å². The van der Waals surface area contributed by atoms with E-state index in [1.807, 2.05) is 0 Å². The summed E-state index contributed by atoms with van der Waals surface area (Å²) in [6.07, 6.45) is 1.95. The van der Waals surface area contributed by atoms with Gasteiger partial charge in [-0.25, -0.2) is 0 Å². The zero-order chi connectivity index (χ0) is 13.7. The number of hydrogen-bond donors (Lipinski definition) is 0. The van der Waals surface area contributed by atoms with E-state index >= 15 is 0 Å². The highest BCUT2D eigenvalue weighted by Gasteiger charge is 1.98. The SMILES string of the molecule is Cc1cccc(C#CCCc2cccc(C)c2C)c1. The van der Waals surface area contributed by atoms with E-state index in [9.17, 15) is 0 Å². The van der Waals surface area contributed by atoms with Gasteiger partial charge in [0.2, 0.25) is 0 Å². The second-order valence-electron chi connectivity index (χ2n) is 5.03. The summed E-state index contributed by atoms with van der Waals surface area (Å²) < 4.78 is 0. The van der Waals surface area contributed by atoms with Gasteiger partial charge in [0.05, 0.1) is 0 Å². The van der Waals surface area contributed by atoms with Crippen molar-refractivity contribution in [2.75, 3.05) is 0 Å². The van der Waals surface area contributed by atoms with Crippen LogP contribution >= 0.6 is 0 Å². The first kappa shape index (κ1) is 13.4. The summed E-state index contributed by atoms with van der Waals surface area (Å²) in [5.41, 5.74) is 6.56. The Morgan fingerprint density at radius 1 is 0.947 bits per heavy atom. The first-order valence-electron chi connectivity index (χ1n) is 6.77. The molecule has 0 aromatic heterocycles. The van der Waals surface area contributed by atoms with E-state index in [-0.39, 0.29) is 0 Å². The second-order valence-corrected chi connectivity index (χ2v) is 5.03. The van der Waals surface area contributed by atoms with E-state index in [1.54, 1.807) is 0 Å². The van der Waals surface area contributed by atoms with Crippen LogP contribution in [0.5, 0.6) is 0 Å². The van der Waals surface area contributed by atoms with Crippen molar-refractivity contribution in [1.29, 1.82) is 0 Å². The fourth-order valence-electron chi connectivity index (χ4n) is 2.17. The van der Waals surface area contributed by atoms with Gasteiger partial charge in [0.25, 0.3) is 0 Å². The van der Waals surface area contributed by atoms with Gasteiger partial charge in [0.1, 0.15) is 0 Å². The molecule has 0 aliphatic carbocycles.